The number of nitrogens with two attached hydrogens (primary N) is 1. The second-order valence-electron chi connectivity index (χ2n) is 4.66. The van der Waals surface area contributed by atoms with E-state index in [1.165, 1.54) is 0 Å². The first-order valence-corrected chi connectivity index (χ1v) is 6.15. The van der Waals surface area contributed by atoms with Crippen molar-refractivity contribution in [3.63, 3.8) is 0 Å². The molecule has 1 unspecified atom stereocenters. The fraction of sp³-hybridized carbons (Fsp3) is 0.385. The molecule has 0 bridgehead atoms. The van der Waals surface area contributed by atoms with Crippen LogP contribution in [-0.4, -0.2) is 28.9 Å². The van der Waals surface area contributed by atoms with E-state index < -0.39 is 0 Å². The van der Waals surface area contributed by atoms with Gasteiger partial charge < -0.3 is 20.9 Å². The van der Waals surface area contributed by atoms with Gasteiger partial charge in [0.25, 0.3) is 0 Å². The summed E-state index contributed by atoms with van der Waals surface area (Å²) in [4.78, 5) is 7.27. The van der Waals surface area contributed by atoms with Gasteiger partial charge in [0.2, 0.25) is 0 Å². The SMILES string of the molecule is N=C(c1c(N)cnc2[nH]ccc12)C1CCCOC1. The molecule has 1 aliphatic heterocycles. The van der Waals surface area contributed by atoms with E-state index >= 15 is 0 Å². The Morgan fingerprint density at radius 3 is 3.22 bits per heavy atom. The Labute approximate surface area is 105 Å². The van der Waals surface area contributed by atoms with Crippen molar-refractivity contribution < 1.29 is 4.74 Å². The Bertz CT molecular complexity index is 584. The number of nitrogen functional groups attached to an aromatic ring is 1. The molecule has 0 saturated carbocycles. The van der Waals surface area contributed by atoms with Crippen molar-refractivity contribution in [3.05, 3.63) is 24.0 Å². The van der Waals surface area contributed by atoms with E-state index in [0.717, 1.165) is 36.0 Å². The van der Waals surface area contributed by atoms with Gasteiger partial charge in [-0.1, -0.05) is 0 Å². The molecular formula is C13H16N4O. The van der Waals surface area contributed by atoms with Crippen LogP contribution in [0.1, 0.15) is 18.4 Å². The maximum Gasteiger partial charge on any atom is 0.138 e. The van der Waals surface area contributed by atoms with Crippen LogP contribution in [0.4, 0.5) is 5.69 Å². The molecule has 4 N–H and O–H groups in total. The molecule has 5 heteroatoms. The number of aromatic nitrogens is 2. The number of hydrogen-bond donors (Lipinski definition) is 3. The van der Waals surface area contributed by atoms with E-state index in [1.54, 1.807) is 6.20 Å². The Morgan fingerprint density at radius 2 is 2.44 bits per heavy atom. The molecule has 2 aromatic rings. The summed E-state index contributed by atoms with van der Waals surface area (Å²) in [5, 5.41) is 9.31. The van der Waals surface area contributed by atoms with Gasteiger partial charge >= 0.3 is 0 Å². The van der Waals surface area contributed by atoms with Gasteiger partial charge in [0, 0.05) is 35.4 Å². The number of pyridine rings is 1. The van der Waals surface area contributed by atoms with Crippen LogP contribution in [0.25, 0.3) is 11.0 Å². The Kier molecular flexibility index (Phi) is 2.76. The molecule has 5 nitrogen and oxygen atoms in total. The van der Waals surface area contributed by atoms with Crippen LogP contribution in [0.2, 0.25) is 0 Å². The third kappa shape index (κ3) is 1.76. The van der Waals surface area contributed by atoms with Crippen LogP contribution < -0.4 is 5.73 Å². The highest BCUT2D eigenvalue weighted by atomic mass is 16.5. The lowest BCUT2D eigenvalue weighted by Crippen LogP contribution is -2.26. The molecule has 0 aliphatic carbocycles. The minimum absolute atomic E-state index is 0.140. The van der Waals surface area contributed by atoms with Crippen molar-refractivity contribution in [2.45, 2.75) is 12.8 Å². The molecule has 1 atom stereocenters. The molecule has 3 rings (SSSR count). The zero-order chi connectivity index (χ0) is 12.5. The molecule has 1 fully saturated rings. The summed E-state index contributed by atoms with van der Waals surface area (Å²) in [6.07, 6.45) is 5.44. The summed E-state index contributed by atoms with van der Waals surface area (Å²) >= 11 is 0. The average molecular weight is 244 g/mol. The van der Waals surface area contributed by atoms with E-state index in [1.807, 2.05) is 12.3 Å². The standard InChI is InChI=1S/C13H16N4O/c14-10-6-17-13-9(3-4-16-13)11(10)12(15)8-2-1-5-18-7-8/h3-4,6,8,15H,1-2,5,7,14H2,(H,16,17). The van der Waals surface area contributed by atoms with Crippen LogP contribution in [0.5, 0.6) is 0 Å². The van der Waals surface area contributed by atoms with Crippen molar-refractivity contribution in [1.82, 2.24) is 9.97 Å². The predicted molar refractivity (Wildman–Crippen MR) is 70.9 cm³/mol. The van der Waals surface area contributed by atoms with Gasteiger partial charge in [-0.2, -0.15) is 0 Å². The van der Waals surface area contributed by atoms with Crippen molar-refractivity contribution in [2.24, 2.45) is 5.92 Å². The fourth-order valence-electron chi connectivity index (χ4n) is 2.50. The third-order valence-corrected chi connectivity index (χ3v) is 3.45. The van der Waals surface area contributed by atoms with Crippen molar-refractivity contribution >= 4 is 22.4 Å². The average Bonchev–Trinajstić information content (AvgIpc) is 2.87. The zero-order valence-corrected chi connectivity index (χ0v) is 10.1. The first kappa shape index (κ1) is 11.2. The maximum atomic E-state index is 8.38. The van der Waals surface area contributed by atoms with E-state index in [9.17, 15) is 0 Å². The lowest BCUT2D eigenvalue weighted by molar-refractivity contribution is 0.0769. The highest BCUT2D eigenvalue weighted by Crippen LogP contribution is 2.27. The van der Waals surface area contributed by atoms with Gasteiger partial charge in [-0.05, 0) is 18.9 Å². The molecule has 1 saturated heterocycles. The minimum Gasteiger partial charge on any atom is -0.397 e. The van der Waals surface area contributed by atoms with Crippen molar-refractivity contribution in [1.29, 1.82) is 5.41 Å². The molecule has 0 radical (unpaired) electrons. The summed E-state index contributed by atoms with van der Waals surface area (Å²) in [5.74, 6) is 0.140. The zero-order valence-electron chi connectivity index (χ0n) is 10.1. The molecule has 0 amide bonds. The number of aromatic amines is 1. The lowest BCUT2D eigenvalue weighted by atomic mass is 9.90. The summed E-state index contributed by atoms with van der Waals surface area (Å²) in [7, 11) is 0. The first-order chi connectivity index (χ1) is 8.77. The molecule has 1 aliphatic rings. The molecule has 94 valence electrons. The van der Waals surface area contributed by atoms with Crippen LogP contribution in [-0.2, 0) is 4.74 Å². The summed E-state index contributed by atoms with van der Waals surface area (Å²) in [6, 6.07) is 1.92. The Hall–Kier alpha value is -1.88. The van der Waals surface area contributed by atoms with Gasteiger partial charge in [0.05, 0.1) is 18.5 Å². The number of ether oxygens (including phenoxy) is 1. The molecular weight excluding hydrogens is 228 g/mol. The molecule has 0 aromatic carbocycles. The van der Waals surface area contributed by atoms with Gasteiger partial charge in [-0.25, -0.2) is 4.98 Å². The number of anilines is 1. The lowest BCUT2D eigenvalue weighted by Gasteiger charge is -2.23. The topological polar surface area (TPSA) is 87.8 Å². The van der Waals surface area contributed by atoms with Gasteiger partial charge in [0.15, 0.2) is 0 Å². The van der Waals surface area contributed by atoms with E-state index in [4.69, 9.17) is 15.9 Å². The number of H-pyrrole nitrogens is 1. The van der Waals surface area contributed by atoms with Gasteiger partial charge in [0.1, 0.15) is 5.65 Å². The molecule has 18 heavy (non-hydrogen) atoms. The summed E-state index contributed by atoms with van der Waals surface area (Å²) in [6.45, 7) is 1.42. The molecule has 0 spiro atoms. The van der Waals surface area contributed by atoms with Gasteiger partial charge in [-0.3, -0.25) is 0 Å². The maximum absolute atomic E-state index is 8.38. The van der Waals surface area contributed by atoms with Crippen LogP contribution in [0.3, 0.4) is 0 Å². The van der Waals surface area contributed by atoms with E-state index in [2.05, 4.69) is 9.97 Å². The summed E-state index contributed by atoms with van der Waals surface area (Å²) in [5.41, 5.74) is 8.71. The normalized spacial score (nSPS) is 20.1. The second-order valence-corrected chi connectivity index (χ2v) is 4.66. The Morgan fingerprint density at radius 1 is 1.56 bits per heavy atom. The number of nitrogens with one attached hydrogen (secondary N) is 2. The van der Waals surface area contributed by atoms with E-state index in [0.29, 0.717) is 18.0 Å². The minimum atomic E-state index is 0.140. The second kappa shape index (κ2) is 4.42. The van der Waals surface area contributed by atoms with Crippen molar-refractivity contribution in [2.75, 3.05) is 18.9 Å². The monoisotopic (exact) mass is 244 g/mol. The number of fused-ring (bicyclic) bond motifs is 1. The van der Waals surface area contributed by atoms with Crippen molar-refractivity contribution in [3.8, 4) is 0 Å². The number of rotatable bonds is 2. The highest BCUT2D eigenvalue weighted by molar-refractivity contribution is 6.13. The molecule has 2 aromatic heterocycles. The van der Waals surface area contributed by atoms with Crippen LogP contribution in [0.15, 0.2) is 18.5 Å². The van der Waals surface area contributed by atoms with Gasteiger partial charge in [-0.15, -0.1) is 0 Å². The smallest absolute Gasteiger partial charge is 0.138 e. The number of nitrogens with zero attached hydrogens (tertiary/aromatic N) is 1. The first-order valence-electron chi connectivity index (χ1n) is 6.15. The van der Waals surface area contributed by atoms with E-state index in [-0.39, 0.29) is 5.92 Å². The summed E-state index contributed by atoms with van der Waals surface area (Å²) < 4.78 is 5.45. The third-order valence-electron chi connectivity index (χ3n) is 3.45. The quantitative estimate of drug-likeness (QED) is 0.705. The fourth-order valence-corrected chi connectivity index (χ4v) is 2.50. The van der Waals surface area contributed by atoms with Crippen LogP contribution in [0, 0.1) is 11.3 Å². The number of hydrogen-bond acceptors (Lipinski definition) is 4. The molecule has 3 heterocycles. The predicted octanol–water partition coefficient (Wildman–Crippen LogP) is 1.94. The van der Waals surface area contributed by atoms with Crippen LogP contribution >= 0.6 is 0 Å². The largest absolute Gasteiger partial charge is 0.397 e. The Balaban J connectivity index is 2.04. The highest BCUT2D eigenvalue weighted by Gasteiger charge is 2.23.